The van der Waals surface area contributed by atoms with E-state index in [-0.39, 0.29) is 17.2 Å². The van der Waals surface area contributed by atoms with E-state index < -0.39 is 0 Å². The average molecular weight is 314 g/mol. The van der Waals surface area contributed by atoms with E-state index in [1.165, 1.54) is 0 Å². The number of aromatic hydroxyl groups is 5. The fourth-order valence-corrected chi connectivity index (χ4v) is 1.44. The molecular formula is C18H18O5. The molecule has 0 bridgehead atoms. The van der Waals surface area contributed by atoms with E-state index in [0.717, 1.165) is 18.2 Å². The van der Waals surface area contributed by atoms with E-state index in [9.17, 15) is 0 Å². The molecule has 0 aliphatic carbocycles. The summed E-state index contributed by atoms with van der Waals surface area (Å²) in [5.41, 5.74) is 0. The zero-order valence-electron chi connectivity index (χ0n) is 12.2. The van der Waals surface area contributed by atoms with Gasteiger partial charge >= 0.3 is 0 Å². The second kappa shape index (κ2) is 9.57. The number of phenols is 5. The topological polar surface area (TPSA) is 101 Å². The lowest BCUT2D eigenvalue weighted by Gasteiger charge is -1.94. The molecule has 0 aliphatic rings. The quantitative estimate of drug-likeness (QED) is 0.436. The normalized spacial score (nSPS) is 8.87. The van der Waals surface area contributed by atoms with Gasteiger partial charge < -0.3 is 25.5 Å². The lowest BCUT2D eigenvalue weighted by Crippen LogP contribution is -1.66. The molecular weight excluding hydrogens is 296 g/mol. The van der Waals surface area contributed by atoms with Crippen molar-refractivity contribution in [3.05, 3.63) is 78.9 Å². The summed E-state index contributed by atoms with van der Waals surface area (Å²) in [6.45, 7) is 0. The van der Waals surface area contributed by atoms with Gasteiger partial charge in [-0.1, -0.05) is 36.4 Å². The largest absolute Gasteiger partial charge is 0.508 e. The van der Waals surface area contributed by atoms with Crippen molar-refractivity contribution in [1.29, 1.82) is 0 Å². The summed E-state index contributed by atoms with van der Waals surface area (Å²) in [6.07, 6.45) is 0. The van der Waals surface area contributed by atoms with Crippen LogP contribution < -0.4 is 0 Å². The van der Waals surface area contributed by atoms with Gasteiger partial charge in [-0.2, -0.15) is 0 Å². The molecule has 0 amide bonds. The Morgan fingerprint density at radius 1 is 0.348 bits per heavy atom. The van der Waals surface area contributed by atoms with Crippen LogP contribution in [0.25, 0.3) is 0 Å². The summed E-state index contributed by atoms with van der Waals surface area (Å²) in [5, 5.41) is 43.3. The zero-order valence-corrected chi connectivity index (χ0v) is 12.2. The molecule has 0 aliphatic heterocycles. The predicted molar refractivity (Wildman–Crippen MR) is 87.7 cm³/mol. The Morgan fingerprint density at radius 2 is 0.609 bits per heavy atom. The van der Waals surface area contributed by atoms with Crippen molar-refractivity contribution in [3.63, 3.8) is 0 Å². The average Bonchev–Trinajstić information content (AvgIpc) is 2.48. The molecule has 5 nitrogen and oxygen atoms in total. The first-order chi connectivity index (χ1) is 11.0. The van der Waals surface area contributed by atoms with Gasteiger partial charge in [-0.05, 0) is 24.3 Å². The standard InChI is InChI=1S/C6H6O3.2C6H6O/c7-4-1-5(8)3-6(9)2-4;2*7-6-4-2-1-3-5-6/h1-3,7-9H;2*1-5,7H. The molecule has 0 unspecified atom stereocenters. The summed E-state index contributed by atoms with van der Waals surface area (Å²) in [5.74, 6) is 0.206. The predicted octanol–water partition coefficient (Wildman–Crippen LogP) is 3.59. The highest BCUT2D eigenvalue weighted by atomic mass is 16.3. The lowest BCUT2D eigenvalue weighted by atomic mass is 10.3. The van der Waals surface area contributed by atoms with E-state index in [4.69, 9.17) is 25.5 Å². The molecule has 0 fully saturated rings. The molecule has 23 heavy (non-hydrogen) atoms. The van der Waals surface area contributed by atoms with Gasteiger partial charge in [0.25, 0.3) is 0 Å². The van der Waals surface area contributed by atoms with Gasteiger partial charge in [0, 0.05) is 18.2 Å². The molecule has 0 atom stereocenters. The molecule has 5 heteroatoms. The van der Waals surface area contributed by atoms with Gasteiger partial charge in [-0.25, -0.2) is 0 Å². The van der Waals surface area contributed by atoms with Crippen LogP contribution >= 0.6 is 0 Å². The van der Waals surface area contributed by atoms with E-state index in [1.807, 2.05) is 12.1 Å². The van der Waals surface area contributed by atoms with Crippen molar-refractivity contribution in [2.24, 2.45) is 0 Å². The Labute approximate surface area is 134 Å². The molecule has 0 saturated heterocycles. The highest BCUT2D eigenvalue weighted by Crippen LogP contribution is 2.23. The van der Waals surface area contributed by atoms with Crippen molar-refractivity contribution < 1.29 is 25.5 Å². The van der Waals surface area contributed by atoms with Crippen LogP contribution in [0.4, 0.5) is 0 Å². The highest BCUT2D eigenvalue weighted by molar-refractivity contribution is 5.39. The molecule has 120 valence electrons. The SMILES string of the molecule is Oc1cc(O)cc(O)c1.Oc1ccccc1.Oc1ccccc1. The molecule has 3 aromatic rings. The van der Waals surface area contributed by atoms with E-state index in [1.54, 1.807) is 48.5 Å². The van der Waals surface area contributed by atoms with Crippen molar-refractivity contribution in [2.75, 3.05) is 0 Å². The molecule has 0 heterocycles. The van der Waals surface area contributed by atoms with Crippen molar-refractivity contribution in [2.45, 2.75) is 0 Å². The Balaban J connectivity index is 0.000000175. The molecule has 0 radical (unpaired) electrons. The second-order valence-electron chi connectivity index (χ2n) is 4.38. The number of rotatable bonds is 0. The summed E-state index contributed by atoms with van der Waals surface area (Å²) in [7, 11) is 0. The molecule has 3 aromatic carbocycles. The van der Waals surface area contributed by atoms with Gasteiger partial charge in [0.1, 0.15) is 28.7 Å². The third-order valence-corrected chi connectivity index (χ3v) is 2.40. The zero-order chi connectivity index (χ0) is 17.1. The molecule has 3 rings (SSSR count). The number of para-hydroxylation sites is 2. The Bertz CT molecular complexity index is 596. The summed E-state index contributed by atoms with van der Waals surface area (Å²) < 4.78 is 0. The molecule has 0 spiro atoms. The second-order valence-corrected chi connectivity index (χ2v) is 4.38. The minimum Gasteiger partial charge on any atom is -0.508 e. The summed E-state index contributed by atoms with van der Waals surface area (Å²) >= 11 is 0. The first-order valence-corrected chi connectivity index (χ1v) is 6.67. The van der Waals surface area contributed by atoms with Crippen LogP contribution in [0, 0.1) is 0 Å². The Morgan fingerprint density at radius 3 is 0.783 bits per heavy atom. The monoisotopic (exact) mass is 314 g/mol. The van der Waals surface area contributed by atoms with Crippen LogP contribution in [0.1, 0.15) is 0 Å². The summed E-state index contributed by atoms with van der Waals surface area (Å²) in [6, 6.07) is 20.8. The van der Waals surface area contributed by atoms with Gasteiger partial charge in [-0.3, -0.25) is 0 Å². The fourth-order valence-electron chi connectivity index (χ4n) is 1.44. The molecule has 0 saturated carbocycles. The van der Waals surface area contributed by atoms with E-state index in [2.05, 4.69) is 0 Å². The summed E-state index contributed by atoms with van der Waals surface area (Å²) in [4.78, 5) is 0. The molecule has 5 N–H and O–H groups in total. The third kappa shape index (κ3) is 8.52. The Hall–Kier alpha value is -3.34. The van der Waals surface area contributed by atoms with E-state index >= 15 is 0 Å². The number of benzene rings is 3. The first-order valence-electron chi connectivity index (χ1n) is 6.67. The van der Waals surface area contributed by atoms with Crippen molar-refractivity contribution in [3.8, 4) is 28.7 Å². The van der Waals surface area contributed by atoms with Crippen molar-refractivity contribution in [1.82, 2.24) is 0 Å². The van der Waals surface area contributed by atoms with Crippen LogP contribution in [-0.2, 0) is 0 Å². The van der Waals surface area contributed by atoms with Crippen LogP contribution in [0.15, 0.2) is 78.9 Å². The van der Waals surface area contributed by atoms with Gasteiger partial charge in [-0.15, -0.1) is 0 Å². The smallest absolute Gasteiger partial charge is 0.122 e. The number of hydrogen-bond donors (Lipinski definition) is 5. The minimum absolute atomic E-state index is 0.146. The van der Waals surface area contributed by atoms with Crippen LogP contribution in [0.2, 0.25) is 0 Å². The van der Waals surface area contributed by atoms with Gasteiger partial charge in [0.05, 0.1) is 0 Å². The van der Waals surface area contributed by atoms with Crippen LogP contribution in [0.3, 0.4) is 0 Å². The van der Waals surface area contributed by atoms with Gasteiger partial charge in [0.2, 0.25) is 0 Å². The number of hydrogen-bond acceptors (Lipinski definition) is 5. The van der Waals surface area contributed by atoms with Crippen LogP contribution in [-0.4, -0.2) is 25.5 Å². The third-order valence-electron chi connectivity index (χ3n) is 2.40. The maximum Gasteiger partial charge on any atom is 0.122 e. The maximum atomic E-state index is 8.67. The first kappa shape index (κ1) is 17.7. The molecule has 0 aromatic heterocycles. The van der Waals surface area contributed by atoms with E-state index in [0.29, 0.717) is 11.5 Å². The fraction of sp³-hybridized carbons (Fsp3) is 0. The van der Waals surface area contributed by atoms with Crippen molar-refractivity contribution >= 4 is 0 Å². The van der Waals surface area contributed by atoms with Crippen LogP contribution in [0.5, 0.6) is 28.7 Å². The van der Waals surface area contributed by atoms with Gasteiger partial charge in [0.15, 0.2) is 0 Å². The maximum absolute atomic E-state index is 8.67. The lowest BCUT2D eigenvalue weighted by molar-refractivity contribution is 0.428. The minimum atomic E-state index is -0.146. The number of phenolic OH excluding ortho intramolecular Hbond substituents is 5. The Kier molecular flexibility index (Phi) is 7.37. The highest BCUT2D eigenvalue weighted by Gasteiger charge is 1.94.